The Balaban J connectivity index is 1.02. The van der Waals surface area contributed by atoms with Gasteiger partial charge in [-0.25, -0.2) is 0 Å². The second kappa shape index (κ2) is 4.06. The van der Waals surface area contributed by atoms with Crippen LogP contribution >= 0.6 is 0 Å². The first kappa shape index (κ1) is 13.0. The van der Waals surface area contributed by atoms with Gasteiger partial charge in [-0.15, -0.1) is 0 Å². The van der Waals surface area contributed by atoms with Crippen LogP contribution in [0, 0.1) is 28.1 Å². The van der Waals surface area contributed by atoms with Crippen LogP contribution in [0.1, 0.15) is 77.0 Å². The lowest BCUT2D eigenvalue weighted by Gasteiger charge is -2.67. The van der Waals surface area contributed by atoms with Crippen molar-refractivity contribution in [3.05, 3.63) is 0 Å². The van der Waals surface area contributed by atoms with Crippen LogP contribution in [0.4, 0.5) is 0 Å². The molecule has 116 valence electrons. The first-order chi connectivity index (χ1) is 10.1. The number of esters is 1. The van der Waals surface area contributed by atoms with Crippen molar-refractivity contribution >= 4 is 5.97 Å². The summed E-state index contributed by atoms with van der Waals surface area (Å²) in [6.45, 7) is 0.719. The largest absolute Gasteiger partial charge is 0.465 e. The summed E-state index contributed by atoms with van der Waals surface area (Å²) in [5.74, 6) is 1.06. The highest BCUT2D eigenvalue weighted by atomic mass is 16.5. The molecule has 0 aromatic carbocycles. The van der Waals surface area contributed by atoms with Crippen molar-refractivity contribution < 1.29 is 9.53 Å². The third kappa shape index (κ3) is 1.86. The molecule has 3 spiro atoms. The van der Waals surface area contributed by atoms with E-state index in [1.54, 1.807) is 0 Å². The number of carbonyl (C=O) groups is 1. The van der Waals surface area contributed by atoms with Crippen LogP contribution in [0.2, 0.25) is 0 Å². The van der Waals surface area contributed by atoms with E-state index in [-0.39, 0.29) is 11.9 Å². The fourth-order valence-corrected chi connectivity index (χ4v) is 6.70. The number of hydrogen-bond donors (Lipinski definition) is 0. The highest BCUT2D eigenvalue weighted by molar-refractivity contribution is 5.73. The topological polar surface area (TPSA) is 26.3 Å². The predicted octanol–water partition coefficient (Wildman–Crippen LogP) is 4.47. The van der Waals surface area contributed by atoms with E-state index in [4.69, 9.17) is 4.74 Å². The highest BCUT2D eigenvalue weighted by Crippen LogP contribution is 2.72. The normalized spacial score (nSPS) is 34.5. The van der Waals surface area contributed by atoms with Crippen molar-refractivity contribution in [2.45, 2.75) is 77.0 Å². The van der Waals surface area contributed by atoms with Crippen molar-refractivity contribution in [1.82, 2.24) is 0 Å². The third-order valence-corrected chi connectivity index (χ3v) is 7.93. The van der Waals surface area contributed by atoms with Crippen molar-refractivity contribution in [2.24, 2.45) is 28.1 Å². The Bertz CT molecular complexity index is 448. The minimum absolute atomic E-state index is 0.123. The molecule has 0 unspecified atom stereocenters. The molecule has 0 N–H and O–H groups in total. The lowest BCUT2D eigenvalue weighted by Crippen LogP contribution is -2.57. The average molecular weight is 288 g/mol. The van der Waals surface area contributed by atoms with E-state index in [1.807, 2.05) is 0 Å². The summed E-state index contributed by atoms with van der Waals surface area (Å²) in [6, 6.07) is 0. The summed E-state index contributed by atoms with van der Waals surface area (Å²) in [5.41, 5.74) is 2.09. The number of hydrogen-bond acceptors (Lipinski definition) is 2. The second-order valence-electron chi connectivity index (χ2n) is 9.57. The Morgan fingerprint density at radius 2 is 1.48 bits per heavy atom. The van der Waals surface area contributed by atoms with Gasteiger partial charge in [-0.05, 0) is 86.4 Å². The molecule has 5 aliphatic carbocycles. The van der Waals surface area contributed by atoms with Crippen LogP contribution in [0.3, 0.4) is 0 Å². The van der Waals surface area contributed by atoms with E-state index in [0.29, 0.717) is 16.7 Å². The predicted molar refractivity (Wildman–Crippen MR) is 80.6 cm³/mol. The molecule has 5 saturated carbocycles. The van der Waals surface area contributed by atoms with E-state index in [2.05, 4.69) is 0 Å². The van der Waals surface area contributed by atoms with E-state index < -0.39 is 0 Å². The lowest BCUT2D eigenvalue weighted by molar-refractivity contribution is -0.183. The van der Waals surface area contributed by atoms with Crippen molar-refractivity contribution in [3.8, 4) is 0 Å². The Kier molecular flexibility index (Phi) is 2.50. The van der Waals surface area contributed by atoms with Crippen molar-refractivity contribution in [2.75, 3.05) is 6.61 Å². The Hall–Kier alpha value is -0.530. The van der Waals surface area contributed by atoms with Gasteiger partial charge < -0.3 is 4.74 Å². The molecule has 0 aromatic heterocycles. The van der Waals surface area contributed by atoms with Gasteiger partial charge in [-0.1, -0.05) is 12.8 Å². The van der Waals surface area contributed by atoms with E-state index in [9.17, 15) is 4.79 Å². The first-order valence-electron chi connectivity index (χ1n) is 9.27. The van der Waals surface area contributed by atoms with Gasteiger partial charge >= 0.3 is 5.97 Å². The Morgan fingerprint density at radius 1 is 0.857 bits per heavy atom. The first-order valence-corrected chi connectivity index (χ1v) is 9.27. The molecule has 0 heterocycles. The fourth-order valence-electron chi connectivity index (χ4n) is 6.70. The van der Waals surface area contributed by atoms with Gasteiger partial charge in [0.2, 0.25) is 0 Å². The minimum Gasteiger partial charge on any atom is -0.465 e. The summed E-state index contributed by atoms with van der Waals surface area (Å²) in [7, 11) is 0. The molecule has 2 heteroatoms. The Morgan fingerprint density at radius 3 is 2.00 bits per heavy atom. The standard InChI is InChI=1S/C19H28O2/c20-16(15-9-17(10-15)3-1-4-17)21-11-14-7-19(8-14)12-18(13-19)5-2-6-18/h14-15H,1-13H2. The summed E-state index contributed by atoms with van der Waals surface area (Å²) < 4.78 is 5.63. The molecule has 0 amide bonds. The molecule has 21 heavy (non-hydrogen) atoms. The molecule has 0 aliphatic heterocycles. The summed E-state index contributed by atoms with van der Waals surface area (Å²) >= 11 is 0. The number of carbonyl (C=O) groups excluding carboxylic acids is 1. The maximum atomic E-state index is 12.1. The second-order valence-corrected chi connectivity index (χ2v) is 9.57. The zero-order chi connectivity index (χ0) is 14.1. The third-order valence-electron chi connectivity index (χ3n) is 7.93. The van der Waals surface area contributed by atoms with Gasteiger partial charge in [0.25, 0.3) is 0 Å². The molecule has 5 rings (SSSR count). The van der Waals surface area contributed by atoms with Gasteiger partial charge in [0.1, 0.15) is 0 Å². The van der Waals surface area contributed by atoms with Crippen LogP contribution in [-0.2, 0) is 9.53 Å². The molecule has 0 saturated heterocycles. The number of ether oxygens (including phenoxy) is 1. The van der Waals surface area contributed by atoms with Gasteiger partial charge in [0.05, 0.1) is 12.5 Å². The molecule has 2 nitrogen and oxygen atoms in total. The monoisotopic (exact) mass is 288 g/mol. The molecular weight excluding hydrogens is 260 g/mol. The molecule has 5 aliphatic rings. The van der Waals surface area contributed by atoms with E-state index in [1.165, 1.54) is 64.2 Å². The zero-order valence-corrected chi connectivity index (χ0v) is 13.2. The molecule has 0 atom stereocenters. The molecule has 0 aromatic rings. The smallest absolute Gasteiger partial charge is 0.308 e. The van der Waals surface area contributed by atoms with Crippen molar-refractivity contribution in [3.63, 3.8) is 0 Å². The van der Waals surface area contributed by atoms with Gasteiger partial charge in [-0.3, -0.25) is 4.79 Å². The van der Waals surface area contributed by atoms with E-state index >= 15 is 0 Å². The maximum absolute atomic E-state index is 12.1. The fraction of sp³-hybridized carbons (Fsp3) is 0.947. The highest BCUT2D eigenvalue weighted by Gasteiger charge is 2.61. The van der Waals surface area contributed by atoms with Crippen molar-refractivity contribution in [1.29, 1.82) is 0 Å². The number of rotatable bonds is 3. The van der Waals surface area contributed by atoms with Gasteiger partial charge in [0.15, 0.2) is 0 Å². The average Bonchev–Trinajstić information content (AvgIpc) is 2.18. The summed E-state index contributed by atoms with van der Waals surface area (Å²) in [6.07, 6.45) is 16.5. The molecule has 0 radical (unpaired) electrons. The summed E-state index contributed by atoms with van der Waals surface area (Å²) in [5, 5.41) is 0. The zero-order valence-electron chi connectivity index (χ0n) is 13.2. The van der Waals surface area contributed by atoms with E-state index in [0.717, 1.165) is 24.9 Å². The molecular formula is C19H28O2. The van der Waals surface area contributed by atoms with Crippen LogP contribution < -0.4 is 0 Å². The molecule has 5 fully saturated rings. The van der Waals surface area contributed by atoms with Crippen LogP contribution in [0.5, 0.6) is 0 Å². The van der Waals surface area contributed by atoms with Gasteiger partial charge in [0, 0.05) is 0 Å². The molecule has 0 bridgehead atoms. The lowest BCUT2D eigenvalue weighted by atomic mass is 9.38. The Labute approximate surface area is 128 Å². The quantitative estimate of drug-likeness (QED) is 0.716. The van der Waals surface area contributed by atoms with Crippen LogP contribution in [0.25, 0.3) is 0 Å². The minimum atomic E-state index is 0.123. The van der Waals surface area contributed by atoms with Crippen LogP contribution in [0.15, 0.2) is 0 Å². The SMILES string of the molecule is O=C(OCC1CC2(C1)CC1(CCC1)C2)C1CC2(CCC2)C1. The van der Waals surface area contributed by atoms with Crippen LogP contribution in [-0.4, -0.2) is 12.6 Å². The van der Waals surface area contributed by atoms with Gasteiger partial charge in [-0.2, -0.15) is 0 Å². The summed E-state index contributed by atoms with van der Waals surface area (Å²) in [4.78, 5) is 12.1. The maximum Gasteiger partial charge on any atom is 0.308 e.